The number of hydrogen-bond donors (Lipinski definition) is 0. The molecule has 0 saturated carbocycles. The average molecular weight is 582 g/mol. The highest BCUT2D eigenvalue weighted by Gasteiger charge is 2.36. The van der Waals surface area contributed by atoms with Crippen molar-refractivity contribution < 1.29 is 4.42 Å². The van der Waals surface area contributed by atoms with E-state index in [2.05, 4.69) is 146 Å². The molecule has 218 valence electrons. The number of aryl methyl sites for hydroxylation is 1. The van der Waals surface area contributed by atoms with Crippen molar-refractivity contribution in [1.29, 1.82) is 0 Å². The van der Waals surface area contributed by atoms with E-state index in [1.807, 2.05) is 0 Å². The van der Waals surface area contributed by atoms with E-state index in [0.29, 0.717) is 0 Å². The van der Waals surface area contributed by atoms with Crippen LogP contribution < -0.4 is 4.90 Å². The van der Waals surface area contributed by atoms with Gasteiger partial charge in [0.05, 0.1) is 5.69 Å². The van der Waals surface area contributed by atoms with E-state index >= 15 is 0 Å². The minimum atomic E-state index is -0.0927. The van der Waals surface area contributed by atoms with Crippen molar-refractivity contribution in [2.75, 3.05) is 4.90 Å². The van der Waals surface area contributed by atoms with Gasteiger partial charge in [0.1, 0.15) is 5.76 Å². The van der Waals surface area contributed by atoms with E-state index in [1.165, 1.54) is 55.1 Å². The van der Waals surface area contributed by atoms with Crippen LogP contribution in [0.15, 0.2) is 126 Å². The minimum Gasteiger partial charge on any atom is -0.458 e. The van der Waals surface area contributed by atoms with Gasteiger partial charge in [-0.1, -0.05) is 111 Å². The van der Waals surface area contributed by atoms with Crippen LogP contribution in [0.3, 0.4) is 0 Å². The Labute approximate surface area is 264 Å². The monoisotopic (exact) mass is 581 g/mol. The van der Waals surface area contributed by atoms with Gasteiger partial charge in [-0.2, -0.15) is 0 Å². The summed E-state index contributed by atoms with van der Waals surface area (Å²) < 4.78 is 6.85. The van der Waals surface area contributed by atoms with E-state index in [-0.39, 0.29) is 5.41 Å². The molecule has 1 heterocycles. The highest BCUT2D eigenvalue weighted by molar-refractivity contribution is 6.16. The van der Waals surface area contributed by atoms with Crippen LogP contribution >= 0.6 is 0 Å². The Hall–Kier alpha value is -5.08. The fourth-order valence-electron chi connectivity index (χ4n) is 7.83. The molecule has 0 radical (unpaired) electrons. The predicted molar refractivity (Wildman–Crippen MR) is 190 cm³/mol. The van der Waals surface area contributed by atoms with E-state index < -0.39 is 0 Å². The third-order valence-electron chi connectivity index (χ3n) is 10.1. The zero-order valence-electron chi connectivity index (χ0n) is 25.8. The predicted octanol–water partition coefficient (Wildman–Crippen LogP) is 12.1. The molecule has 0 amide bonds. The Morgan fingerprint density at radius 3 is 2.33 bits per heavy atom. The lowest BCUT2D eigenvalue weighted by molar-refractivity contribution is 0.546. The SMILES string of the molecule is CC1(C)c2ccccc2-c2ccc(N(c3ccc(C4=CCCC=C4)cc3)c3cc4ccccc4c4c5c(oc34)CCC=C5)cc21. The van der Waals surface area contributed by atoms with Crippen LogP contribution in [-0.4, -0.2) is 0 Å². The van der Waals surface area contributed by atoms with Crippen molar-refractivity contribution in [1.82, 2.24) is 0 Å². The molecule has 1 aromatic heterocycles. The fraction of sp³-hybridized carbons (Fsp3) is 0.163. The van der Waals surface area contributed by atoms with Crippen molar-refractivity contribution >= 4 is 50.5 Å². The summed E-state index contributed by atoms with van der Waals surface area (Å²) in [5.74, 6) is 1.09. The summed E-state index contributed by atoms with van der Waals surface area (Å²) in [6, 6.07) is 36.1. The quantitative estimate of drug-likeness (QED) is 0.206. The van der Waals surface area contributed by atoms with E-state index in [9.17, 15) is 0 Å². The lowest BCUT2D eigenvalue weighted by Gasteiger charge is -2.28. The van der Waals surface area contributed by atoms with Gasteiger partial charge in [0, 0.05) is 34.2 Å². The smallest absolute Gasteiger partial charge is 0.159 e. The second-order valence-corrected chi connectivity index (χ2v) is 13.1. The number of furan rings is 1. The third kappa shape index (κ3) is 4.02. The van der Waals surface area contributed by atoms with Gasteiger partial charge in [0.25, 0.3) is 0 Å². The lowest BCUT2D eigenvalue weighted by Crippen LogP contribution is -2.16. The number of rotatable bonds is 4. The Morgan fingerprint density at radius 1 is 0.689 bits per heavy atom. The number of anilines is 3. The third-order valence-corrected chi connectivity index (χ3v) is 10.1. The Kier molecular flexibility index (Phi) is 5.83. The van der Waals surface area contributed by atoms with Gasteiger partial charge in [0.15, 0.2) is 5.58 Å². The summed E-state index contributed by atoms with van der Waals surface area (Å²) in [4.78, 5) is 2.42. The molecule has 45 heavy (non-hydrogen) atoms. The fourth-order valence-corrected chi connectivity index (χ4v) is 7.83. The summed E-state index contributed by atoms with van der Waals surface area (Å²) in [6.45, 7) is 4.71. The van der Waals surface area contributed by atoms with Crippen LogP contribution in [-0.2, 0) is 11.8 Å². The van der Waals surface area contributed by atoms with Gasteiger partial charge in [-0.25, -0.2) is 0 Å². The molecule has 5 aromatic carbocycles. The average Bonchev–Trinajstić information content (AvgIpc) is 3.59. The molecule has 0 bridgehead atoms. The normalized spacial score (nSPS) is 16.0. The first-order valence-corrected chi connectivity index (χ1v) is 16.2. The maximum absolute atomic E-state index is 6.85. The van der Waals surface area contributed by atoms with Crippen LogP contribution in [0.5, 0.6) is 0 Å². The summed E-state index contributed by atoms with van der Waals surface area (Å²) in [5, 5.41) is 3.67. The summed E-state index contributed by atoms with van der Waals surface area (Å²) in [5.41, 5.74) is 13.4. The molecule has 2 heteroatoms. The summed E-state index contributed by atoms with van der Waals surface area (Å²) in [7, 11) is 0. The van der Waals surface area contributed by atoms with Crippen LogP contribution in [0.4, 0.5) is 17.1 Å². The van der Waals surface area contributed by atoms with Crippen LogP contribution in [0, 0.1) is 0 Å². The van der Waals surface area contributed by atoms with Gasteiger partial charge >= 0.3 is 0 Å². The molecule has 2 nitrogen and oxygen atoms in total. The summed E-state index contributed by atoms with van der Waals surface area (Å²) in [6.07, 6.45) is 15.6. The van der Waals surface area contributed by atoms with Crippen LogP contribution in [0.1, 0.15) is 61.1 Å². The Balaban J connectivity index is 1.30. The molecule has 0 aliphatic heterocycles. The van der Waals surface area contributed by atoms with Gasteiger partial charge in [-0.05, 0) is 93.8 Å². The molecule has 6 aromatic rings. The molecule has 0 N–H and O–H groups in total. The van der Waals surface area contributed by atoms with Crippen molar-refractivity contribution in [2.24, 2.45) is 0 Å². The maximum atomic E-state index is 6.85. The van der Waals surface area contributed by atoms with Crippen LogP contribution in [0.25, 0.3) is 44.5 Å². The van der Waals surface area contributed by atoms with Crippen LogP contribution in [0.2, 0.25) is 0 Å². The van der Waals surface area contributed by atoms with Gasteiger partial charge < -0.3 is 9.32 Å². The van der Waals surface area contributed by atoms with Gasteiger partial charge in [-0.15, -0.1) is 0 Å². The molecule has 0 unspecified atom stereocenters. The largest absolute Gasteiger partial charge is 0.458 e. The number of fused-ring (bicyclic) bond motifs is 8. The van der Waals surface area contributed by atoms with Gasteiger partial charge in [0.2, 0.25) is 0 Å². The van der Waals surface area contributed by atoms with Crippen molar-refractivity contribution in [3.8, 4) is 11.1 Å². The molecule has 0 saturated heterocycles. The number of hydrogen-bond acceptors (Lipinski definition) is 2. The Morgan fingerprint density at radius 2 is 1.47 bits per heavy atom. The molecular weight excluding hydrogens is 546 g/mol. The number of benzene rings is 5. The van der Waals surface area contributed by atoms with Crippen molar-refractivity contribution in [3.63, 3.8) is 0 Å². The molecule has 9 rings (SSSR count). The van der Waals surface area contributed by atoms with E-state index in [0.717, 1.165) is 54.1 Å². The van der Waals surface area contributed by atoms with Gasteiger partial charge in [-0.3, -0.25) is 0 Å². The summed E-state index contributed by atoms with van der Waals surface area (Å²) >= 11 is 0. The second-order valence-electron chi connectivity index (χ2n) is 13.1. The zero-order valence-corrected chi connectivity index (χ0v) is 25.8. The number of nitrogens with zero attached hydrogens (tertiary/aromatic N) is 1. The van der Waals surface area contributed by atoms with E-state index in [1.54, 1.807) is 0 Å². The maximum Gasteiger partial charge on any atom is 0.159 e. The first-order chi connectivity index (χ1) is 22.1. The molecule has 0 spiro atoms. The Bertz CT molecular complexity index is 2240. The topological polar surface area (TPSA) is 16.4 Å². The lowest BCUT2D eigenvalue weighted by atomic mass is 9.82. The minimum absolute atomic E-state index is 0.0927. The standard InChI is InChI=1S/C43H35NO/c1-43(2)37-18-10-8-16-34(37)35-25-24-32(27-38(35)43)44(31-22-20-29(21-23-31)28-12-4-3-5-13-28)39-26-30-14-6-7-15-33(30)41-36-17-9-11-19-40(36)45-42(39)41/h4,6-10,12-18,20-27H,3,5,11,19H2,1-2H3. The molecular formula is C43H35NO. The first-order valence-electron chi connectivity index (χ1n) is 16.2. The number of allylic oxidation sites excluding steroid dienone is 5. The van der Waals surface area contributed by atoms with Crippen molar-refractivity contribution in [2.45, 2.75) is 44.9 Å². The second kappa shape index (κ2) is 9.97. The molecule has 0 fully saturated rings. The molecule has 3 aliphatic carbocycles. The van der Waals surface area contributed by atoms with E-state index in [4.69, 9.17) is 4.42 Å². The highest BCUT2D eigenvalue weighted by Crippen LogP contribution is 2.52. The molecule has 0 atom stereocenters. The first kappa shape index (κ1) is 26.3. The van der Waals surface area contributed by atoms with Crippen molar-refractivity contribution in [3.05, 3.63) is 149 Å². The highest BCUT2D eigenvalue weighted by atomic mass is 16.3. The molecule has 3 aliphatic rings. The zero-order chi connectivity index (χ0) is 30.1.